The second-order valence-corrected chi connectivity index (χ2v) is 7.13. The summed E-state index contributed by atoms with van der Waals surface area (Å²) in [5.74, 6) is 0.698. The van der Waals surface area contributed by atoms with Gasteiger partial charge in [0.05, 0.1) is 12.0 Å². The Bertz CT molecular complexity index is 771. The minimum atomic E-state index is -0.120. The maximum absolute atomic E-state index is 12.6. The monoisotopic (exact) mass is 371 g/mol. The van der Waals surface area contributed by atoms with E-state index >= 15 is 0 Å². The molecule has 0 aliphatic carbocycles. The van der Waals surface area contributed by atoms with Crippen LogP contribution < -0.4 is 5.32 Å². The number of hydrogen-bond donors (Lipinski definition) is 1. The van der Waals surface area contributed by atoms with E-state index in [1.54, 1.807) is 26.6 Å². The van der Waals surface area contributed by atoms with E-state index in [1.807, 2.05) is 12.3 Å². The number of aromatic nitrogens is 2. The molecule has 2 amide bonds. The van der Waals surface area contributed by atoms with Crippen molar-refractivity contribution >= 4 is 11.8 Å². The molecule has 8 heteroatoms. The first-order valence-corrected chi connectivity index (χ1v) is 9.55. The van der Waals surface area contributed by atoms with Crippen molar-refractivity contribution < 1.29 is 14.0 Å². The lowest BCUT2D eigenvalue weighted by atomic mass is 9.97. The summed E-state index contributed by atoms with van der Waals surface area (Å²) in [6, 6.07) is 5.39. The van der Waals surface area contributed by atoms with Crippen molar-refractivity contribution in [1.29, 1.82) is 0 Å². The van der Waals surface area contributed by atoms with E-state index in [2.05, 4.69) is 10.4 Å². The average molecular weight is 371 g/mol. The maximum Gasteiger partial charge on any atom is 0.289 e. The van der Waals surface area contributed by atoms with E-state index in [-0.39, 0.29) is 18.4 Å². The van der Waals surface area contributed by atoms with Crippen molar-refractivity contribution in [3.05, 3.63) is 42.1 Å². The molecule has 2 aromatic heterocycles. The van der Waals surface area contributed by atoms with Crippen molar-refractivity contribution in [3.63, 3.8) is 0 Å². The minimum absolute atomic E-state index is 0.0384. The zero-order chi connectivity index (χ0) is 18.6. The minimum Gasteiger partial charge on any atom is -0.459 e. The lowest BCUT2D eigenvalue weighted by Crippen LogP contribution is -2.51. The van der Waals surface area contributed by atoms with E-state index in [0.717, 1.165) is 31.6 Å². The molecule has 4 heterocycles. The number of carbonyl (C=O) groups is 2. The van der Waals surface area contributed by atoms with Gasteiger partial charge in [-0.2, -0.15) is 5.10 Å². The smallest absolute Gasteiger partial charge is 0.289 e. The fourth-order valence-electron chi connectivity index (χ4n) is 3.74. The fraction of sp³-hybridized carbons (Fsp3) is 0.526. The molecule has 2 aliphatic rings. The van der Waals surface area contributed by atoms with Crippen LogP contribution in [-0.4, -0.2) is 70.7 Å². The molecule has 0 spiro atoms. The molecule has 0 aromatic carbocycles. The summed E-state index contributed by atoms with van der Waals surface area (Å²) in [6.07, 6.45) is 5.69. The Morgan fingerprint density at radius 3 is 2.70 bits per heavy atom. The first-order chi connectivity index (χ1) is 13.2. The van der Waals surface area contributed by atoms with Gasteiger partial charge in [0.1, 0.15) is 6.54 Å². The van der Waals surface area contributed by atoms with Crippen LogP contribution in [0.1, 0.15) is 35.0 Å². The van der Waals surface area contributed by atoms with Gasteiger partial charge in [0.15, 0.2) is 5.76 Å². The number of furan rings is 1. The van der Waals surface area contributed by atoms with Crippen molar-refractivity contribution in [3.8, 4) is 0 Å². The molecule has 0 saturated carbocycles. The van der Waals surface area contributed by atoms with Gasteiger partial charge in [-0.1, -0.05) is 0 Å². The largest absolute Gasteiger partial charge is 0.459 e. The second kappa shape index (κ2) is 7.96. The van der Waals surface area contributed by atoms with Crippen LogP contribution in [0.3, 0.4) is 0 Å². The van der Waals surface area contributed by atoms with Crippen LogP contribution in [0.15, 0.2) is 35.1 Å². The van der Waals surface area contributed by atoms with Crippen molar-refractivity contribution in [2.45, 2.75) is 25.3 Å². The van der Waals surface area contributed by atoms with Crippen molar-refractivity contribution in [2.24, 2.45) is 0 Å². The molecule has 0 unspecified atom stereocenters. The summed E-state index contributed by atoms with van der Waals surface area (Å²) in [5, 5.41) is 7.99. The SMILES string of the molecule is O=C(Cn1ccc([C@H]2CCCNC2)n1)N1CCN(C(=O)c2ccco2)CC1. The zero-order valence-corrected chi connectivity index (χ0v) is 15.3. The Labute approximate surface area is 158 Å². The van der Waals surface area contributed by atoms with Crippen LogP contribution >= 0.6 is 0 Å². The molecule has 2 saturated heterocycles. The second-order valence-electron chi connectivity index (χ2n) is 7.13. The van der Waals surface area contributed by atoms with Crippen LogP contribution in [0.5, 0.6) is 0 Å². The summed E-state index contributed by atoms with van der Waals surface area (Å²) in [4.78, 5) is 28.4. The third-order valence-corrected chi connectivity index (χ3v) is 5.33. The summed E-state index contributed by atoms with van der Waals surface area (Å²) >= 11 is 0. The quantitative estimate of drug-likeness (QED) is 0.864. The lowest BCUT2D eigenvalue weighted by molar-refractivity contribution is -0.133. The lowest BCUT2D eigenvalue weighted by Gasteiger charge is -2.34. The van der Waals surface area contributed by atoms with Gasteiger partial charge in [-0.25, -0.2) is 0 Å². The van der Waals surface area contributed by atoms with Gasteiger partial charge in [0.25, 0.3) is 5.91 Å². The van der Waals surface area contributed by atoms with Crippen LogP contribution in [-0.2, 0) is 11.3 Å². The number of amides is 2. The van der Waals surface area contributed by atoms with Gasteiger partial charge in [-0.3, -0.25) is 14.3 Å². The Hall–Kier alpha value is -2.61. The molecule has 0 bridgehead atoms. The number of nitrogens with zero attached hydrogens (tertiary/aromatic N) is 4. The van der Waals surface area contributed by atoms with E-state index in [1.165, 1.54) is 6.26 Å². The molecule has 0 radical (unpaired) electrons. The molecule has 4 rings (SSSR count). The highest BCUT2D eigenvalue weighted by Crippen LogP contribution is 2.21. The molecule has 1 N–H and O–H groups in total. The number of piperazine rings is 1. The number of carbonyl (C=O) groups excluding carboxylic acids is 2. The van der Waals surface area contributed by atoms with Crippen LogP contribution in [0.4, 0.5) is 0 Å². The maximum atomic E-state index is 12.6. The van der Waals surface area contributed by atoms with Gasteiger partial charge >= 0.3 is 0 Å². The predicted octanol–water partition coefficient (Wildman–Crippen LogP) is 0.928. The van der Waals surface area contributed by atoms with E-state index in [9.17, 15) is 9.59 Å². The molecule has 2 aromatic rings. The van der Waals surface area contributed by atoms with Gasteiger partial charge < -0.3 is 19.5 Å². The average Bonchev–Trinajstić information content (AvgIpc) is 3.40. The van der Waals surface area contributed by atoms with Gasteiger partial charge in [0, 0.05) is 44.8 Å². The molecular weight excluding hydrogens is 346 g/mol. The van der Waals surface area contributed by atoms with Crippen LogP contribution in [0.2, 0.25) is 0 Å². The third kappa shape index (κ3) is 4.05. The fourth-order valence-corrected chi connectivity index (χ4v) is 3.74. The van der Waals surface area contributed by atoms with E-state index in [4.69, 9.17) is 4.42 Å². The topological polar surface area (TPSA) is 83.6 Å². The highest BCUT2D eigenvalue weighted by atomic mass is 16.3. The summed E-state index contributed by atoms with van der Waals surface area (Å²) in [5.41, 5.74) is 1.06. The Kier molecular flexibility index (Phi) is 5.24. The highest BCUT2D eigenvalue weighted by molar-refractivity contribution is 5.91. The van der Waals surface area contributed by atoms with Crippen LogP contribution in [0, 0.1) is 0 Å². The molecule has 1 atom stereocenters. The molecule has 144 valence electrons. The molecular formula is C19H25N5O3. The van der Waals surface area contributed by atoms with E-state index in [0.29, 0.717) is 37.9 Å². The van der Waals surface area contributed by atoms with Crippen molar-refractivity contribution in [1.82, 2.24) is 24.9 Å². The summed E-state index contributed by atoms with van der Waals surface area (Å²) in [6.45, 7) is 4.37. The number of nitrogens with one attached hydrogen (secondary N) is 1. The molecule has 27 heavy (non-hydrogen) atoms. The van der Waals surface area contributed by atoms with Gasteiger partial charge in [-0.15, -0.1) is 0 Å². The summed E-state index contributed by atoms with van der Waals surface area (Å²) in [7, 11) is 0. The first-order valence-electron chi connectivity index (χ1n) is 9.55. The third-order valence-electron chi connectivity index (χ3n) is 5.33. The molecule has 8 nitrogen and oxygen atoms in total. The highest BCUT2D eigenvalue weighted by Gasteiger charge is 2.26. The Morgan fingerprint density at radius 2 is 2.00 bits per heavy atom. The predicted molar refractivity (Wildman–Crippen MR) is 98.3 cm³/mol. The Morgan fingerprint density at radius 1 is 1.19 bits per heavy atom. The molecule has 2 fully saturated rings. The number of piperidine rings is 1. The number of rotatable bonds is 4. The standard InChI is InChI=1S/C19H25N5O3/c25-18(14-24-7-5-16(21-24)15-3-1-6-20-13-15)22-8-10-23(11-9-22)19(26)17-4-2-12-27-17/h2,4-5,7,12,15,20H,1,3,6,8-11,13-14H2/t15-/m0/s1. The van der Waals surface area contributed by atoms with Gasteiger partial charge in [-0.05, 0) is 37.6 Å². The number of hydrogen-bond acceptors (Lipinski definition) is 5. The Balaban J connectivity index is 1.28. The zero-order valence-electron chi connectivity index (χ0n) is 15.3. The molecule has 2 aliphatic heterocycles. The van der Waals surface area contributed by atoms with Crippen molar-refractivity contribution in [2.75, 3.05) is 39.3 Å². The normalized spacial score (nSPS) is 20.7. The van der Waals surface area contributed by atoms with E-state index < -0.39 is 0 Å². The van der Waals surface area contributed by atoms with Crippen LogP contribution in [0.25, 0.3) is 0 Å². The van der Waals surface area contributed by atoms with Gasteiger partial charge in [0.2, 0.25) is 5.91 Å². The first kappa shape index (κ1) is 17.8. The summed E-state index contributed by atoms with van der Waals surface area (Å²) < 4.78 is 6.90.